The molecule has 1 aliphatic heterocycles. The fourth-order valence-corrected chi connectivity index (χ4v) is 5.68. The van der Waals surface area contributed by atoms with E-state index in [1.807, 2.05) is 20.8 Å². The Kier molecular flexibility index (Phi) is 7.42. The van der Waals surface area contributed by atoms with Crippen LogP contribution in [0.1, 0.15) is 54.8 Å². The van der Waals surface area contributed by atoms with E-state index in [1.165, 1.54) is 7.11 Å². The fraction of sp³-hybridized carbons (Fsp3) is 0.406. The van der Waals surface area contributed by atoms with Crippen molar-refractivity contribution < 1.29 is 19.4 Å². The minimum atomic E-state index is -0.942. The summed E-state index contributed by atoms with van der Waals surface area (Å²) in [6.07, 6.45) is 3.10. The lowest BCUT2D eigenvalue weighted by Crippen LogP contribution is -2.32. The van der Waals surface area contributed by atoms with Gasteiger partial charge in [0.25, 0.3) is 0 Å². The van der Waals surface area contributed by atoms with E-state index in [4.69, 9.17) is 9.47 Å². The van der Waals surface area contributed by atoms with Crippen LogP contribution in [-0.4, -0.2) is 51.5 Å². The second kappa shape index (κ2) is 10.7. The highest BCUT2D eigenvalue weighted by Gasteiger charge is 2.37. The smallest absolute Gasteiger partial charge is 0.339 e. The Morgan fingerprint density at radius 1 is 1.07 bits per heavy atom. The number of ether oxygens (including phenoxy) is 2. The van der Waals surface area contributed by atoms with Crippen molar-refractivity contribution in [2.75, 3.05) is 25.2 Å². The van der Waals surface area contributed by atoms with E-state index in [1.54, 1.807) is 12.4 Å². The number of nitrogens with zero attached hydrogens (tertiary/aromatic N) is 4. The molecule has 3 heterocycles. The molecule has 0 spiro atoms. The van der Waals surface area contributed by atoms with E-state index in [0.29, 0.717) is 18.9 Å². The zero-order chi connectivity index (χ0) is 28.8. The van der Waals surface area contributed by atoms with Gasteiger partial charge in [0.05, 0.1) is 23.9 Å². The van der Waals surface area contributed by atoms with E-state index in [2.05, 4.69) is 70.5 Å². The maximum absolute atomic E-state index is 13.4. The number of carbonyl (C=O) groups is 1. The molecule has 8 nitrogen and oxygen atoms in total. The van der Waals surface area contributed by atoms with E-state index >= 15 is 0 Å². The number of rotatable bonds is 7. The Hall–Kier alpha value is -3.75. The van der Waals surface area contributed by atoms with Gasteiger partial charge in [-0.25, -0.2) is 14.8 Å². The predicted octanol–water partition coefficient (Wildman–Crippen LogP) is 5.74. The molecular weight excluding hydrogens is 504 g/mol. The van der Waals surface area contributed by atoms with E-state index < -0.39 is 17.7 Å². The molecule has 0 saturated carbocycles. The zero-order valence-electron chi connectivity index (χ0n) is 24.4. The molecule has 40 heavy (non-hydrogen) atoms. The molecule has 0 aliphatic carbocycles. The number of methoxy groups -OCH3 is 1. The van der Waals surface area contributed by atoms with Crippen molar-refractivity contribution in [3.05, 3.63) is 70.7 Å². The number of aliphatic hydroxyl groups is 1. The van der Waals surface area contributed by atoms with Crippen LogP contribution >= 0.6 is 0 Å². The lowest BCUT2D eigenvalue weighted by atomic mass is 9.87. The summed E-state index contributed by atoms with van der Waals surface area (Å²) in [6.45, 7) is 13.6. The minimum Gasteiger partial charge on any atom is -0.467 e. The predicted molar refractivity (Wildman–Crippen MR) is 157 cm³/mol. The van der Waals surface area contributed by atoms with E-state index in [-0.39, 0.29) is 6.61 Å². The van der Waals surface area contributed by atoms with Crippen LogP contribution in [0.25, 0.3) is 22.0 Å². The van der Waals surface area contributed by atoms with Crippen LogP contribution in [0.5, 0.6) is 0 Å². The maximum atomic E-state index is 13.4. The lowest BCUT2D eigenvalue weighted by Gasteiger charge is -2.35. The molecule has 0 unspecified atom stereocenters. The Bertz CT molecular complexity index is 1550. The Morgan fingerprint density at radius 3 is 2.35 bits per heavy atom. The second-order valence-electron chi connectivity index (χ2n) is 11.5. The quantitative estimate of drug-likeness (QED) is 0.298. The number of benzene rings is 2. The van der Waals surface area contributed by atoms with Crippen LogP contribution in [0.4, 0.5) is 11.6 Å². The van der Waals surface area contributed by atoms with Gasteiger partial charge >= 0.3 is 5.97 Å². The number of hydrogen-bond acceptors (Lipinski definition) is 7. The highest BCUT2D eigenvalue weighted by atomic mass is 16.6. The Morgan fingerprint density at radius 2 is 1.75 bits per heavy atom. The molecule has 0 radical (unpaired) electrons. The number of aryl methyl sites for hydroxylation is 2. The summed E-state index contributed by atoms with van der Waals surface area (Å²) in [7, 11) is 1.40. The summed E-state index contributed by atoms with van der Waals surface area (Å²) < 4.78 is 14.1. The van der Waals surface area contributed by atoms with Crippen LogP contribution in [0.3, 0.4) is 0 Å². The third-order valence-corrected chi connectivity index (χ3v) is 7.47. The van der Waals surface area contributed by atoms with Gasteiger partial charge in [-0.2, -0.15) is 0 Å². The van der Waals surface area contributed by atoms with Crippen molar-refractivity contribution in [2.45, 2.75) is 66.2 Å². The normalized spacial score (nSPS) is 14.1. The fourth-order valence-electron chi connectivity index (χ4n) is 5.68. The first kappa shape index (κ1) is 27.8. The topological polar surface area (TPSA) is 89.7 Å². The molecule has 4 aromatic rings. The van der Waals surface area contributed by atoms with Gasteiger partial charge < -0.3 is 24.0 Å². The van der Waals surface area contributed by atoms with Crippen molar-refractivity contribution in [1.29, 1.82) is 0 Å². The number of aliphatic hydroxyl groups excluding tert-OH is 1. The van der Waals surface area contributed by atoms with Crippen molar-refractivity contribution in [3.8, 4) is 11.1 Å². The van der Waals surface area contributed by atoms with Gasteiger partial charge in [0, 0.05) is 48.7 Å². The van der Waals surface area contributed by atoms with Gasteiger partial charge in [-0.15, -0.1) is 0 Å². The van der Waals surface area contributed by atoms with Gasteiger partial charge in [0.1, 0.15) is 0 Å². The second-order valence-corrected chi connectivity index (χ2v) is 11.5. The van der Waals surface area contributed by atoms with Crippen LogP contribution in [0, 0.1) is 20.8 Å². The van der Waals surface area contributed by atoms with E-state index in [0.717, 1.165) is 62.2 Å². The molecule has 0 fully saturated rings. The molecule has 0 bridgehead atoms. The van der Waals surface area contributed by atoms with Crippen LogP contribution in [0.2, 0.25) is 0 Å². The molecule has 0 saturated heterocycles. The first-order valence-corrected chi connectivity index (χ1v) is 13.7. The van der Waals surface area contributed by atoms with Gasteiger partial charge in [-0.05, 0) is 76.3 Å². The SMILES string of the molecule is COC(=O)[C@@H](OC(C)(C)C)c1c(C)c2c3c(cc(C)n3CCN2c2ncc(CCO)cn2)c1-c1ccc(C)cc1. The monoisotopic (exact) mass is 542 g/mol. The molecule has 1 atom stereocenters. The summed E-state index contributed by atoms with van der Waals surface area (Å²) >= 11 is 0. The van der Waals surface area contributed by atoms with Crippen LogP contribution in [-0.2, 0) is 27.2 Å². The summed E-state index contributed by atoms with van der Waals surface area (Å²) in [5.74, 6) is 0.137. The van der Waals surface area contributed by atoms with Gasteiger partial charge in [0.2, 0.25) is 5.95 Å². The summed E-state index contributed by atoms with van der Waals surface area (Å²) in [5.41, 5.74) is 8.32. The summed E-state index contributed by atoms with van der Waals surface area (Å²) in [4.78, 5) is 24.9. The van der Waals surface area contributed by atoms with Crippen molar-refractivity contribution >= 4 is 28.5 Å². The first-order chi connectivity index (χ1) is 19.0. The molecule has 2 aromatic heterocycles. The Labute approximate surface area is 235 Å². The third kappa shape index (κ3) is 4.97. The van der Waals surface area contributed by atoms with E-state index in [9.17, 15) is 9.90 Å². The largest absolute Gasteiger partial charge is 0.467 e. The molecule has 0 amide bonds. The molecule has 2 aromatic carbocycles. The molecular formula is C32H38N4O4. The number of hydrogen-bond donors (Lipinski definition) is 1. The number of carbonyl (C=O) groups excluding carboxylic acids is 1. The van der Waals surface area contributed by atoms with Gasteiger partial charge in [0.15, 0.2) is 6.10 Å². The van der Waals surface area contributed by atoms with Gasteiger partial charge in [-0.3, -0.25) is 0 Å². The van der Waals surface area contributed by atoms with Gasteiger partial charge in [-0.1, -0.05) is 29.8 Å². The molecule has 1 aliphatic rings. The van der Waals surface area contributed by atoms with Crippen molar-refractivity contribution in [1.82, 2.24) is 14.5 Å². The number of anilines is 2. The average molecular weight is 543 g/mol. The highest BCUT2D eigenvalue weighted by molar-refractivity contribution is 6.08. The number of aromatic nitrogens is 3. The minimum absolute atomic E-state index is 0.0471. The van der Waals surface area contributed by atoms with Crippen LogP contribution in [0.15, 0.2) is 42.7 Å². The average Bonchev–Trinajstić information content (AvgIpc) is 3.26. The summed E-state index contributed by atoms with van der Waals surface area (Å²) in [5, 5.41) is 10.4. The third-order valence-electron chi connectivity index (χ3n) is 7.47. The van der Waals surface area contributed by atoms with Crippen LogP contribution < -0.4 is 4.90 Å². The maximum Gasteiger partial charge on any atom is 0.339 e. The standard InChI is InChI=1S/C32H38N4O4/c1-19-8-10-23(11-9-19)26-24-16-20(2)35-13-14-36(31-33-17-22(12-15-37)18-34-31)27(28(24)35)21(3)25(26)29(30(38)39-7)40-32(4,5)6/h8-11,16-18,29,37H,12-15H2,1-7H3/t29-/m0/s1. The lowest BCUT2D eigenvalue weighted by molar-refractivity contribution is -0.164. The number of esters is 1. The Balaban J connectivity index is 1.86. The molecule has 210 valence electrons. The van der Waals surface area contributed by atoms with Crippen molar-refractivity contribution in [3.63, 3.8) is 0 Å². The summed E-state index contributed by atoms with van der Waals surface area (Å²) in [6, 6.07) is 10.6. The van der Waals surface area contributed by atoms with Crippen molar-refractivity contribution in [2.24, 2.45) is 0 Å². The zero-order valence-corrected chi connectivity index (χ0v) is 24.4. The highest BCUT2D eigenvalue weighted by Crippen LogP contribution is 2.49. The molecule has 5 rings (SSSR count). The molecule has 8 heteroatoms. The molecule has 1 N–H and O–H groups in total. The first-order valence-electron chi connectivity index (χ1n) is 13.7.